The highest BCUT2D eigenvalue weighted by molar-refractivity contribution is 5.90. The number of hydrogen-bond donors (Lipinski definition) is 1. The molecule has 1 fully saturated rings. The number of nitrogens with one attached hydrogen (secondary N) is 1. The second-order valence-electron chi connectivity index (χ2n) is 4.62. The number of ether oxygens (including phenoxy) is 1. The van der Waals surface area contributed by atoms with E-state index in [1.165, 1.54) is 0 Å². The van der Waals surface area contributed by atoms with E-state index >= 15 is 0 Å². The smallest absolute Gasteiger partial charge is 0.322 e. The van der Waals surface area contributed by atoms with E-state index in [1.807, 2.05) is 0 Å². The zero-order chi connectivity index (χ0) is 14.5. The first-order chi connectivity index (χ1) is 9.58. The molecule has 1 heterocycles. The molecule has 1 aromatic rings. The lowest BCUT2D eigenvalue weighted by atomic mass is 10.4. The van der Waals surface area contributed by atoms with Crippen LogP contribution in [0.25, 0.3) is 0 Å². The van der Waals surface area contributed by atoms with Crippen molar-refractivity contribution in [2.24, 2.45) is 0 Å². The Morgan fingerprint density at radius 1 is 1.40 bits per heavy atom. The summed E-state index contributed by atoms with van der Waals surface area (Å²) in [6.45, 7) is 3.95. The lowest BCUT2D eigenvalue weighted by Gasteiger charge is -2.19. The summed E-state index contributed by atoms with van der Waals surface area (Å²) in [5.74, 6) is -0.225. The molecule has 0 atom stereocenters. The fourth-order valence-electron chi connectivity index (χ4n) is 1.82. The quantitative estimate of drug-likeness (QED) is 0.720. The van der Waals surface area contributed by atoms with E-state index in [-0.39, 0.29) is 37.0 Å². The van der Waals surface area contributed by atoms with Crippen molar-refractivity contribution in [3.8, 4) is 0 Å². The standard InChI is InChI=1S/C12H18N4O4/c1-3-19-11(18)7-16(9-4-5-9)6-10(17)13-12-15-14-8(2)20-12/h9H,3-7H2,1-2H3,(H,13,15,17). The fourth-order valence-corrected chi connectivity index (χ4v) is 1.82. The van der Waals surface area contributed by atoms with Crippen molar-refractivity contribution in [2.45, 2.75) is 32.7 Å². The molecule has 1 aromatic heterocycles. The van der Waals surface area contributed by atoms with Crippen LogP contribution in [0.2, 0.25) is 0 Å². The third kappa shape index (κ3) is 4.30. The minimum Gasteiger partial charge on any atom is -0.465 e. The van der Waals surface area contributed by atoms with Gasteiger partial charge in [-0.2, -0.15) is 0 Å². The molecule has 1 amide bonds. The Kier molecular flexibility index (Phi) is 4.67. The Labute approximate surface area is 116 Å². The van der Waals surface area contributed by atoms with Crippen LogP contribution in [-0.2, 0) is 14.3 Å². The normalized spacial score (nSPS) is 14.3. The van der Waals surface area contributed by atoms with Crippen LogP contribution in [0.1, 0.15) is 25.7 Å². The van der Waals surface area contributed by atoms with Gasteiger partial charge in [-0.15, -0.1) is 5.10 Å². The first-order valence-electron chi connectivity index (χ1n) is 6.58. The Bertz CT molecular complexity index is 484. The highest BCUT2D eigenvalue weighted by atomic mass is 16.5. The molecule has 2 rings (SSSR count). The van der Waals surface area contributed by atoms with Gasteiger partial charge in [0.15, 0.2) is 0 Å². The van der Waals surface area contributed by atoms with E-state index in [1.54, 1.807) is 18.7 Å². The van der Waals surface area contributed by atoms with Crippen LogP contribution in [0.4, 0.5) is 6.01 Å². The van der Waals surface area contributed by atoms with Gasteiger partial charge in [-0.3, -0.25) is 19.8 Å². The maximum Gasteiger partial charge on any atom is 0.322 e. The van der Waals surface area contributed by atoms with Crippen molar-refractivity contribution in [3.63, 3.8) is 0 Å². The van der Waals surface area contributed by atoms with Crippen molar-refractivity contribution in [1.82, 2.24) is 15.1 Å². The maximum absolute atomic E-state index is 11.9. The molecule has 0 spiro atoms. The van der Waals surface area contributed by atoms with Gasteiger partial charge >= 0.3 is 12.0 Å². The lowest BCUT2D eigenvalue weighted by Crippen LogP contribution is -2.39. The van der Waals surface area contributed by atoms with Gasteiger partial charge in [-0.25, -0.2) is 0 Å². The molecule has 1 aliphatic carbocycles. The monoisotopic (exact) mass is 282 g/mol. The Morgan fingerprint density at radius 3 is 2.70 bits per heavy atom. The zero-order valence-corrected chi connectivity index (χ0v) is 11.6. The number of hydrogen-bond acceptors (Lipinski definition) is 7. The second-order valence-corrected chi connectivity index (χ2v) is 4.62. The van der Waals surface area contributed by atoms with Gasteiger partial charge in [0.2, 0.25) is 11.8 Å². The second kappa shape index (κ2) is 6.47. The maximum atomic E-state index is 11.9. The number of aromatic nitrogens is 2. The van der Waals surface area contributed by atoms with Gasteiger partial charge in [-0.1, -0.05) is 5.10 Å². The van der Waals surface area contributed by atoms with Crippen molar-refractivity contribution in [3.05, 3.63) is 5.89 Å². The molecule has 20 heavy (non-hydrogen) atoms. The summed E-state index contributed by atoms with van der Waals surface area (Å²) >= 11 is 0. The van der Waals surface area contributed by atoms with Gasteiger partial charge < -0.3 is 9.15 Å². The number of rotatable bonds is 7. The van der Waals surface area contributed by atoms with Crippen LogP contribution in [0.3, 0.4) is 0 Å². The number of carbonyl (C=O) groups is 2. The number of anilines is 1. The van der Waals surface area contributed by atoms with Crippen LogP contribution in [0.15, 0.2) is 4.42 Å². The number of amides is 1. The molecule has 0 bridgehead atoms. The molecule has 0 aliphatic heterocycles. The van der Waals surface area contributed by atoms with Gasteiger partial charge in [0.25, 0.3) is 0 Å². The van der Waals surface area contributed by atoms with Crippen LogP contribution in [0, 0.1) is 6.92 Å². The van der Waals surface area contributed by atoms with Gasteiger partial charge in [0.1, 0.15) is 0 Å². The van der Waals surface area contributed by atoms with Gasteiger partial charge in [-0.05, 0) is 19.8 Å². The van der Waals surface area contributed by atoms with E-state index < -0.39 is 0 Å². The summed E-state index contributed by atoms with van der Waals surface area (Å²) in [4.78, 5) is 25.2. The van der Waals surface area contributed by atoms with Crippen LogP contribution in [0.5, 0.6) is 0 Å². The van der Waals surface area contributed by atoms with Crippen molar-refractivity contribution in [1.29, 1.82) is 0 Å². The van der Waals surface area contributed by atoms with E-state index in [4.69, 9.17) is 9.15 Å². The molecule has 110 valence electrons. The fraction of sp³-hybridized carbons (Fsp3) is 0.667. The molecule has 0 radical (unpaired) electrons. The summed E-state index contributed by atoms with van der Waals surface area (Å²) in [5, 5.41) is 9.81. The number of esters is 1. The van der Waals surface area contributed by atoms with Crippen LogP contribution < -0.4 is 5.32 Å². The first-order valence-corrected chi connectivity index (χ1v) is 6.58. The SMILES string of the molecule is CCOC(=O)CN(CC(=O)Nc1nnc(C)o1)C1CC1. The summed E-state index contributed by atoms with van der Waals surface area (Å²) in [7, 11) is 0. The van der Waals surface area contributed by atoms with Gasteiger partial charge in [0, 0.05) is 13.0 Å². The minimum absolute atomic E-state index is 0.0689. The van der Waals surface area contributed by atoms with E-state index in [0.717, 1.165) is 12.8 Å². The topological polar surface area (TPSA) is 97.6 Å². The third-order valence-corrected chi connectivity index (χ3v) is 2.82. The molecule has 1 N–H and O–H groups in total. The largest absolute Gasteiger partial charge is 0.465 e. The molecule has 0 saturated heterocycles. The summed E-state index contributed by atoms with van der Waals surface area (Å²) in [6.07, 6.45) is 1.98. The van der Waals surface area contributed by atoms with E-state index in [9.17, 15) is 9.59 Å². The van der Waals surface area contributed by atoms with Crippen molar-refractivity contribution in [2.75, 3.05) is 25.0 Å². The molecule has 8 nitrogen and oxygen atoms in total. The molecule has 1 saturated carbocycles. The van der Waals surface area contributed by atoms with Crippen molar-refractivity contribution < 1.29 is 18.7 Å². The molecular formula is C12H18N4O4. The molecule has 8 heteroatoms. The number of carbonyl (C=O) groups excluding carboxylic acids is 2. The highest BCUT2D eigenvalue weighted by Crippen LogP contribution is 2.26. The summed E-state index contributed by atoms with van der Waals surface area (Å²) in [6, 6.07) is 0.342. The zero-order valence-electron chi connectivity index (χ0n) is 11.6. The molecule has 0 unspecified atom stereocenters. The average molecular weight is 282 g/mol. The number of aryl methyl sites for hydroxylation is 1. The van der Waals surface area contributed by atoms with Crippen molar-refractivity contribution >= 4 is 17.9 Å². The third-order valence-electron chi connectivity index (χ3n) is 2.82. The minimum atomic E-state index is -0.319. The predicted octanol–water partition coefficient (Wildman–Crippen LogP) is 0.344. The van der Waals surface area contributed by atoms with E-state index in [2.05, 4.69) is 15.5 Å². The Balaban J connectivity index is 1.84. The van der Waals surface area contributed by atoms with Gasteiger partial charge in [0.05, 0.1) is 19.7 Å². The predicted molar refractivity (Wildman–Crippen MR) is 68.9 cm³/mol. The Hall–Kier alpha value is -1.96. The molecular weight excluding hydrogens is 264 g/mol. The lowest BCUT2D eigenvalue weighted by molar-refractivity contribution is -0.144. The summed E-state index contributed by atoms with van der Waals surface area (Å²) < 4.78 is 9.97. The highest BCUT2D eigenvalue weighted by Gasteiger charge is 2.32. The van der Waals surface area contributed by atoms with E-state index in [0.29, 0.717) is 12.5 Å². The van der Waals surface area contributed by atoms with Crippen LogP contribution in [-0.4, -0.2) is 52.7 Å². The summed E-state index contributed by atoms with van der Waals surface area (Å²) in [5.41, 5.74) is 0. The van der Waals surface area contributed by atoms with Crippen LogP contribution >= 0.6 is 0 Å². The molecule has 0 aromatic carbocycles. The average Bonchev–Trinajstić information content (AvgIpc) is 3.14. The first kappa shape index (κ1) is 14.4. The molecule has 1 aliphatic rings. The Morgan fingerprint density at radius 2 is 2.15 bits per heavy atom. The number of nitrogens with zero attached hydrogens (tertiary/aromatic N) is 3.